The predicted octanol–water partition coefficient (Wildman–Crippen LogP) is 0.931. The van der Waals surface area contributed by atoms with Gasteiger partial charge in [0.2, 0.25) is 0 Å². The van der Waals surface area contributed by atoms with Crippen molar-refractivity contribution in [3.05, 3.63) is 6.67 Å². The fourth-order valence-corrected chi connectivity index (χ4v) is 4.16. The molecule has 2 atom stereocenters. The van der Waals surface area contributed by atoms with E-state index in [1.807, 2.05) is 0 Å². The van der Waals surface area contributed by atoms with E-state index in [0.29, 0.717) is 0 Å². The van der Waals surface area contributed by atoms with E-state index in [9.17, 15) is 5.11 Å². The van der Waals surface area contributed by atoms with Crippen LogP contribution in [0.15, 0.2) is 0 Å². The van der Waals surface area contributed by atoms with Crippen molar-refractivity contribution in [3.63, 3.8) is 0 Å². The number of aliphatic hydroxyl groups is 1. The predicted molar refractivity (Wildman–Crippen MR) is 93.0 cm³/mol. The lowest BCUT2D eigenvalue weighted by Crippen LogP contribution is -2.31. The summed E-state index contributed by atoms with van der Waals surface area (Å²) in [5, 5.41) is 9.55. The van der Waals surface area contributed by atoms with Crippen molar-refractivity contribution in [2.75, 3.05) is 58.9 Å². The number of hydrogen-bond acceptors (Lipinski definition) is 5. The van der Waals surface area contributed by atoms with Crippen LogP contribution in [0.2, 0.25) is 0 Å². The van der Waals surface area contributed by atoms with Crippen LogP contribution in [0.1, 0.15) is 39.0 Å². The van der Waals surface area contributed by atoms with Gasteiger partial charge in [0.15, 0.2) is 0 Å². The zero-order chi connectivity index (χ0) is 16.1. The van der Waals surface area contributed by atoms with E-state index in [2.05, 4.69) is 33.2 Å². The molecular formula is C18H34N4O. The van der Waals surface area contributed by atoms with Crippen LogP contribution in [0.25, 0.3) is 0 Å². The Morgan fingerprint density at radius 3 is 2.26 bits per heavy atom. The smallest absolute Gasteiger partial charge is 0.146 e. The number of β-amino-alcohol motifs (C(OH)–C–C–N with tert-alkyl or cyclic N) is 1. The standard InChI is InChI=1S/C18H34N4O/c1-17-5-2-10-22(17)11-4-9-21-14-13-20(16-21)8-3-7-19-12-6-18(23)15-19/h17-18,23H,2-15H2,1H3. The highest BCUT2D eigenvalue weighted by molar-refractivity contribution is 4.82. The van der Waals surface area contributed by atoms with Crippen LogP contribution in [-0.4, -0.2) is 95.8 Å². The van der Waals surface area contributed by atoms with E-state index in [0.717, 1.165) is 58.3 Å². The van der Waals surface area contributed by atoms with Crippen LogP contribution in [0.4, 0.5) is 0 Å². The molecule has 0 bridgehead atoms. The molecule has 23 heavy (non-hydrogen) atoms. The molecule has 0 aromatic heterocycles. The Bertz CT molecular complexity index is 354. The lowest BCUT2D eigenvalue weighted by Gasteiger charge is -2.22. The van der Waals surface area contributed by atoms with E-state index in [-0.39, 0.29) is 6.10 Å². The molecule has 2 unspecified atom stereocenters. The van der Waals surface area contributed by atoms with Crippen molar-refractivity contribution in [1.29, 1.82) is 0 Å². The fourth-order valence-electron chi connectivity index (χ4n) is 4.16. The van der Waals surface area contributed by atoms with Crippen LogP contribution >= 0.6 is 0 Å². The molecule has 5 heteroatoms. The third-order valence-electron chi connectivity index (χ3n) is 5.64. The summed E-state index contributed by atoms with van der Waals surface area (Å²) >= 11 is 0. The highest BCUT2D eigenvalue weighted by Crippen LogP contribution is 2.17. The summed E-state index contributed by atoms with van der Waals surface area (Å²) in [5.74, 6) is 0. The van der Waals surface area contributed by atoms with Crippen LogP contribution < -0.4 is 0 Å². The molecule has 3 heterocycles. The summed E-state index contributed by atoms with van der Waals surface area (Å²) in [6, 6.07) is 0.794. The first-order valence-corrected chi connectivity index (χ1v) is 9.61. The Balaban J connectivity index is 1.22. The average Bonchev–Trinajstić information content (AvgIpc) is 3.23. The SMILES string of the molecule is CC1CCCN1CCCN1[C]N(CCCN2CCC(O)C2)CC1. The van der Waals surface area contributed by atoms with Crippen LogP contribution in [-0.2, 0) is 0 Å². The molecule has 3 saturated heterocycles. The van der Waals surface area contributed by atoms with Gasteiger partial charge in [-0.25, -0.2) is 0 Å². The van der Waals surface area contributed by atoms with Gasteiger partial charge in [0, 0.05) is 45.3 Å². The van der Waals surface area contributed by atoms with Crippen molar-refractivity contribution >= 4 is 0 Å². The Morgan fingerprint density at radius 2 is 1.65 bits per heavy atom. The molecule has 3 aliphatic heterocycles. The molecule has 2 radical (unpaired) electrons. The van der Waals surface area contributed by atoms with E-state index in [4.69, 9.17) is 0 Å². The van der Waals surface area contributed by atoms with E-state index < -0.39 is 0 Å². The second-order valence-corrected chi connectivity index (χ2v) is 7.55. The Labute approximate surface area is 142 Å². The number of hydrogen-bond donors (Lipinski definition) is 1. The van der Waals surface area contributed by atoms with E-state index in [1.165, 1.54) is 38.8 Å². The first-order chi connectivity index (χ1) is 11.2. The van der Waals surface area contributed by atoms with Gasteiger partial charge in [0.05, 0.1) is 6.10 Å². The maximum Gasteiger partial charge on any atom is 0.146 e. The minimum Gasteiger partial charge on any atom is -0.392 e. The molecule has 132 valence electrons. The highest BCUT2D eigenvalue weighted by Gasteiger charge is 2.24. The Morgan fingerprint density at radius 1 is 0.913 bits per heavy atom. The monoisotopic (exact) mass is 322 g/mol. The van der Waals surface area contributed by atoms with Crippen molar-refractivity contribution in [2.45, 2.75) is 51.2 Å². The van der Waals surface area contributed by atoms with Gasteiger partial charge >= 0.3 is 0 Å². The fraction of sp³-hybridized carbons (Fsp3) is 0.944. The molecule has 0 aromatic carbocycles. The van der Waals surface area contributed by atoms with Gasteiger partial charge in [-0.15, -0.1) is 0 Å². The number of likely N-dealkylation sites (tertiary alicyclic amines) is 2. The molecule has 3 rings (SSSR count). The number of rotatable bonds is 8. The van der Waals surface area contributed by atoms with Crippen molar-refractivity contribution in [2.24, 2.45) is 0 Å². The first kappa shape index (κ1) is 17.6. The van der Waals surface area contributed by atoms with Crippen molar-refractivity contribution < 1.29 is 5.11 Å². The zero-order valence-corrected chi connectivity index (χ0v) is 14.8. The van der Waals surface area contributed by atoms with Gasteiger partial charge in [0.25, 0.3) is 0 Å². The molecule has 0 spiro atoms. The minimum absolute atomic E-state index is 0.0891. The summed E-state index contributed by atoms with van der Waals surface area (Å²) in [6.07, 6.45) is 6.06. The molecule has 3 fully saturated rings. The van der Waals surface area contributed by atoms with E-state index in [1.54, 1.807) is 0 Å². The van der Waals surface area contributed by atoms with Gasteiger partial charge in [-0.3, -0.25) is 9.80 Å². The molecule has 3 aliphatic rings. The lowest BCUT2D eigenvalue weighted by atomic mass is 10.2. The van der Waals surface area contributed by atoms with Crippen molar-refractivity contribution in [1.82, 2.24) is 19.6 Å². The topological polar surface area (TPSA) is 33.2 Å². The summed E-state index contributed by atoms with van der Waals surface area (Å²) < 4.78 is 0. The largest absolute Gasteiger partial charge is 0.392 e. The maximum absolute atomic E-state index is 9.55. The molecule has 0 aliphatic carbocycles. The molecule has 0 amide bonds. The molecule has 1 N–H and O–H groups in total. The van der Waals surface area contributed by atoms with Gasteiger partial charge in [-0.05, 0) is 58.7 Å². The van der Waals surface area contributed by atoms with E-state index >= 15 is 0 Å². The Hall–Kier alpha value is -0.200. The maximum atomic E-state index is 9.55. The molecule has 0 saturated carbocycles. The van der Waals surface area contributed by atoms with Gasteiger partial charge in [-0.1, -0.05) is 0 Å². The average molecular weight is 322 g/mol. The van der Waals surface area contributed by atoms with Gasteiger partial charge < -0.3 is 14.9 Å². The summed E-state index contributed by atoms with van der Waals surface area (Å²) in [7, 11) is 0. The molecule has 5 nitrogen and oxygen atoms in total. The van der Waals surface area contributed by atoms with Crippen LogP contribution in [0.5, 0.6) is 0 Å². The quantitative estimate of drug-likeness (QED) is 0.719. The third kappa shape index (κ3) is 5.40. The summed E-state index contributed by atoms with van der Waals surface area (Å²) in [6.45, 7) is 16.0. The van der Waals surface area contributed by atoms with Crippen molar-refractivity contribution in [3.8, 4) is 0 Å². The number of aliphatic hydroxyl groups excluding tert-OH is 1. The molecular weight excluding hydrogens is 288 g/mol. The number of nitrogens with zero attached hydrogens (tertiary/aromatic N) is 4. The molecule has 0 aromatic rings. The van der Waals surface area contributed by atoms with Crippen LogP contribution in [0, 0.1) is 6.67 Å². The normalized spacial score (nSPS) is 31.6. The lowest BCUT2D eigenvalue weighted by molar-refractivity contribution is 0.174. The first-order valence-electron chi connectivity index (χ1n) is 9.61. The zero-order valence-electron chi connectivity index (χ0n) is 14.8. The van der Waals surface area contributed by atoms with Gasteiger partial charge in [-0.2, -0.15) is 0 Å². The summed E-state index contributed by atoms with van der Waals surface area (Å²) in [5.41, 5.74) is 0. The third-order valence-corrected chi connectivity index (χ3v) is 5.64. The second kappa shape index (κ2) is 8.77. The Kier molecular flexibility index (Phi) is 6.72. The highest BCUT2D eigenvalue weighted by atomic mass is 16.3. The van der Waals surface area contributed by atoms with Crippen LogP contribution in [0.3, 0.4) is 0 Å². The van der Waals surface area contributed by atoms with Gasteiger partial charge in [0.1, 0.15) is 6.67 Å². The minimum atomic E-state index is -0.0891. The summed E-state index contributed by atoms with van der Waals surface area (Å²) in [4.78, 5) is 9.75. The second-order valence-electron chi connectivity index (χ2n) is 7.55.